The summed E-state index contributed by atoms with van der Waals surface area (Å²) in [5, 5.41) is 5.44. The zero-order valence-corrected chi connectivity index (χ0v) is 9.52. The van der Waals surface area contributed by atoms with Gasteiger partial charge in [-0.25, -0.2) is 8.78 Å². The van der Waals surface area contributed by atoms with Crippen LogP contribution in [0.4, 0.5) is 14.5 Å². The van der Waals surface area contributed by atoms with Gasteiger partial charge in [0.05, 0.1) is 5.69 Å². The summed E-state index contributed by atoms with van der Waals surface area (Å²) >= 11 is 0. The summed E-state index contributed by atoms with van der Waals surface area (Å²) in [6.45, 7) is 3.08. The fourth-order valence-corrected chi connectivity index (χ4v) is 1.70. The van der Waals surface area contributed by atoms with E-state index in [9.17, 15) is 13.6 Å². The van der Waals surface area contributed by atoms with Gasteiger partial charge in [0.15, 0.2) is 0 Å². The third-order valence-corrected chi connectivity index (χ3v) is 2.86. The number of hydrogen-bond donors (Lipinski definition) is 2. The van der Waals surface area contributed by atoms with Crippen molar-refractivity contribution < 1.29 is 13.6 Å². The van der Waals surface area contributed by atoms with E-state index in [-0.39, 0.29) is 17.2 Å². The molecule has 2 N–H and O–H groups in total. The highest BCUT2D eigenvalue weighted by atomic mass is 19.1. The Hall–Kier alpha value is -1.49. The molecule has 1 heterocycles. The summed E-state index contributed by atoms with van der Waals surface area (Å²) in [5.74, 6) is -1.11. The van der Waals surface area contributed by atoms with E-state index in [4.69, 9.17) is 0 Å². The molecule has 5 heteroatoms. The first-order valence-electron chi connectivity index (χ1n) is 5.52. The molecule has 17 heavy (non-hydrogen) atoms. The summed E-state index contributed by atoms with van der Waals surface area (Å²) in [6.07, 6.45) is 0.335. The monoisotopic (exact) mass is 240 g/mol. The lowest BCUT2D eigenvalue weighted by Gasteiger charge is -2.26. The van der Waals surface area contributed by atoms with Gasteiger partial charge in [-0.05, 0) is 37.6 Å². The van der Waals surface area contributed by atoms with Gasteiger partial charge in [-0.1, -0.05) is 0 Å². The van der Waals surface area contributed by atoms with Gasteiger partial charge in [0, 0.05) is 12.5 Å². The van der Waals surface area contributed by atoms with E-state index in [1.807, 2.05) is 0 Å². The SMILES string of the molecule is Cc1cc(F)c(NC(=O)CC2CNC2)cc1F. The Balaban J connectivity index is 2.02. The molecule has 0 aromatic heterocycles. The largest absolute Gasteiger partial charge is 0.324 e. The molecule has 0 radical (unpaired) electrons. The summed E-state index contributed by atoms with van der Waals surface area (Å²) in [6, 6.07) is 2.09. The van der Waals surface area contributed by atoms with Crippen LogP contribution in [0.15, 0.2) is 12.1 Å². The Bertz CT molecular complexity index is 444. The van der Waals surface area contributed by atoms with Crippen LogP contribution in [-0.4, -0.2) is 19.0 Å². The van der Waals surface area contributed by atoms with E-state index >= 15 is 0 Å². The third kappa shape index (κ3) is 2.79. The first-order valence-corrected chi connectivity index (χ1v) is 5.52. The second kappa shape index (κ2) is 4.79. The van der Waals surface area contributed by atoms with Crippen LogP contribution in [0.3, 0.4) is 0 Å². The Labute approximate surface area is 98.2 Å². The van der Waals surface area contributed by atoms with Gasteiger partial charge in [0.1, 0.15) is 11.6 Å². The molecule has 0 unspecified atom stereocenters. The zero-order valence-electron chi connectivity index (χ0n) is 9.52. The summed E-state index contributed by atoms with van der Waals surface area (Å²) in [5.41, 5.74) is 0.133. The predicted molar refractivity (Wildman–Crippen MR) is 60.7 cm³/mol. The maximum atomic E-state index is 13.4. The normalized spacial score (nSPS) is 15.5. The number of benzene rings is 1. The minimum atomic E-state index is -0.607. The fourth-order valence-electron chi connectivity index (χ4n) is 1.70. The van der Waals surface area contributed by atoms with Crippen LogP contribution in [-0.2, 0) is 4.79 Å². The maximum absolute atomic E-state index is 13.4. The average molecular weight is 240 g/mol. The van der Waals surface area contributed by atoms with Crippen molar-refractivity contribution in [2.75, 3.05) is 18.4 Å². The van der Waals surface area contributed by atoms with Crippen molar-refractivity contribution in [2.45, 2.75) is 13.3 Å². The molecule has 0 spiro atoms. The van der Waals surface area contributed by atoms with Crippen LogP contribution in [0.1, 0.15) is 12.0 Å². The highest BCUT2D eigenvalue weighted by Gasteiger charge is 2.20. The highest BCUT2D eigenvalue weighted by Crippen LogP contribution is 2.19. The molecule has 1 aliphatic rings. The van der Waals surface area contributed by atoms with Gasteiger partial charge in [-0.15, -0.1) is 0 Å². The van der Waals surface area contributed by atoms with Gasteiger partial charge < -0.3 is 10.6 Å². The van der Waals surface area contributed by atoms with Gasteiger partial charge in [-0.3, -0.25) is 4.79 Å². The number of aryl methyl sites for hydroxylation is 1. The maximum Gasteiger partial charge on any atom is 0.224 e. The Kier molecular flexibility index (Phi) is 3.38. The second-order valence-corrected chi connectivity index (χ2v) is 4.36. The molecule has 0 aliphatic carbocycles. The van der Waals surface area contributed by atoms with Crippen LogP contribution in [0.25, 0.3) is 0 Å². The zero-order chi connectivity index (χ0) is 12.4. The fraction of sp³-hybridized carbons (Fsp3) is 0.417. The lowest BCUT2D eigenvalue weighted by molar-refractivity contribution is -0.117. The summed E-state index contributed by atoms with van der Waals surface area (Å²) < 4.78 is 26.7. The van der Waals surface area contributed by atoms with Crippen molar-refractivity contribution in [3.8, 4) is 0 Å². The number of carbonyl (C=O) groups is 1. The Morgan fingerprint density at radius 2 is 2.12 bits per heavy atom. The number of nitrogens with one attached hydrogen (secondary N) is 2. The molecule has 3 nitrogen and oxygen atoms in total. The number of hydrogen-bond acceptors (Lipinski definition) is 2. The number of rotatable bonds is 3. The lowest BCUT2D eigenvalue weighted by atomic mass is 9.99. The van der Waals surface area contributed by atoms with E-state index in [0.29, 0.717) is 12.3 Å². The number of carbonyl (C=O) groups excluding carboxylic acids is 1. The van der Waals surface area contributed by atoms with Crippen LogP contribution < -0.4 is 10.6 Å². The van der Waals surface area contributed by atoms with Crippen LogP contribution in [0.5, 0.6) is 0 Å². The van der Waals surface area contributed by atoms with Crippen molar-refractivity contribution in [3.63, 3.8) is 0 Å². The average Bonchev–Trinajstić information content (AvgIpc) is 2.20. The van der Waals surface area contributed by atoms with Gasteiger partial charge in [0.25, 0.3) is 0 Å². The van der Waals surface area contributed by atoms with Crippen molar-refractivity contribution in [1.29, 1.82) is 0 Å². The van der Waals surface area contributed by atoms with Crippen LogP contribution in [0.2, 0.25) is 0 Å². The van der Waals surface area contributed by atoms with E-state index in [0.717, 1.165) is 25.2 Å². The molecule has 2 rings (SSSR count). The molecule has 1 saturated heterocycles. The Morgan fingerprint density at radius 3 is 2.71 bits per heavy atom. The van der Waals surface area contributed by atoms with Crippen molar-refractivity contribution in [1.82, 2.24) is 5.32 Å². The molecule has 0 bridgehead atoms. The van der Waals surface area contributed by atoms with Crippen molar-refractivity contribution in [3.05, 3.63) is 29.3 Å². The van der Waals surface area contributed by atoms with Gasteiger partial charge in [-0.2, -0.15) is 0 Å². The molecule has 1 aliphatic heterocycles. The lowest BCUT2D eigenvalue weighted by Crippen LogP contribution is -2.43. The summed E-state index contributed by atoms with van der Waals surface area (Å²) in [4.78, 5) is 11.5. The first kappa shape index (κ1) is 12.0. The molecule has 1 fully saturated rings. The molecule has 92 valence electrons. The van der Waals surface area contributed by atoms with Crippen molar-refractivity contribution in [2.24, 2.45) is 5.92 Å². The topological polar surface area (TPSA) is 41.1 Å². The third-order valence-electron chi connectivity index (χ3n) is 2.86. The Morgan fingerprint density at radius 1 is 1.41 bits per heavy atom. The standard InChI is InChI=1S/C12H14F2N2O/c1-7-2-10(14)11(4-9(7)13)16-12(17)3-8-5-15-6-8/h2,4,8,15H,3,5-6H2,1H3,(H,16,17). The summed E-state index contributed by atoms with van der Waals surface area (Å²) in [7, 11) is 0. The molecular weight excluding hydrogens is 226 g/mol. The van der Waals surface area contributed by atoms with Crippen LogP contribution >= 0.6 is 0 Å². The van der Waals surface area contributed by atoms with Gasteiger partial charge in [0.2, 0.25) is 5.91 Å². The highest BCUT2D eigenvalue weighted by molar-refractivity contribution is 5.91. The predicted octanol–water partition coefficient (Wildman–Crippen LogP) is 1.82. The van der Waals surface area contributed by atoms with E-state index in [1.165, 1.54) is 6.92 Å². The number of halogens is 2. The molecule has 1 aromatic rings. The molecule has 0 atom stereocenters. The quantitative estimate of drug-likeness (QED) is 0.846. The minimum absolute atomic E-state index is 0.0922. The molecule has 0 saturated carbocycles. The van der Waals surface area contributed by atoms with E-state index in [1.54, 1.807) is 0 Å². The molecular formula is C12H14F2N2O. The molecule has 1 amide bonds. The smallest absolute Gasteiger partial charge is 0.224 e. The number of anilines is 1. The van der Waals surface area contributed by atoms with E-state index in [2.05, 4.69) is 10.6 Å². The van der Waals surface area contributed by atoms with Crippen LogP contribution in [0, 0.1) is 24.5 Å². The second-order valence-electron chi connectivity index (χ2n) is 4.36. The number of amides is 1. The first-order chi connectivity index (χ1) is 8.06. The van der Waals surface area contributed by atoms with Gasteiger partial charge >= 0.3 is 0 Å². The van der Waals surface area contributed by atoms with Crippen molar-refractivity contribution >= 4 is 11.6 Å². The van der Waals surface area contributed by atoms with E-state index < -0.39 is 11.6 Å². The molecule has 1 aromatic carbocycles. The minimum Gasteiger partial charge on any atom is -0.324 e.